The molecule has 0 bridgehead atoms. The molecule has 3 rings (SSSR count). The molecule has 2 aromatic carbocycles. The van der Waals surface area contributed by atoms with Crippen LogP contribution >= 0.6 is 23.2 Å². The minimum absolute atomic E-state index is 0.291. The molecule has 0 amide bonds. The van der Waals surface area contributed by atoms with Crippen LogP contribution in [0.15, 0.2) is 36.4 Å². The Balaban J connectivity index is 2.19. The van der Waals surface area contributed by atoms with Gasteiger partial charge >= 0.3 is 0 Å². The van der Waals surface area contributed by atoms with E-state index in [1.54, 1.807) is 24.3 Å². The molecule has 19 heavy (non-hydrogen) atoms. The molecule has 1 atom stereocenters. The Morgan fingerprint density at radius 2 is 1.89 bits per heavy atom. The number of rotatable bonds is 1. The number of halogens is 3. The van der Waals surface area contributed by atoms with Gasteiger partial charge in [-0.05, 0) is 42.2 Å². The summed E-state index contributed by atoms with van der Waals surface area (Å²) in [6.07, 6.45) is 1.10. The Morgan fingerprint density at radius 1 is 1.11 bits per heavy atom. The van der Waals surface area contributed by atoms with E-state index in [9.17, 15) is 9.50 Å². The normalized spacial score (nSPS) is 21.5. The van der Waals surface area contributed by atoms with E-state index in [1.165, 1.54) is 12.1 Å². The Morgan fingerprint density at radius 3 is 2.68 bits per heavy atom. The molecule has 4 heteroatoms. The molecule has 1 aliphatic rings. The van der Waals surface area contributed by atoms with E-state index in [0.29, 0.717) is 34.0 Å². The summed E-state index contributed by atoms with van der Waals surface area (Å²) in [5.74, 6) is -0.291. The van der Waals surface area contributed by atoms with Gasteiger partial charge in [-0.2, -0.15) is 0 Å². The van der Waals surface area contributed by atoms with Gasteiger partial charge in [0.2, 0.25) is 0 Å². The van der Waals surface area contributed by atoms with E-state index in [2.05, 4.69) is 0 Å². The van der Waals surface area contributed by atoms with Gasteiger partial charge in [-0.1, -0.05) is 41.4 Å². The minimum Gasteiger partial charge on any atom is -0.380 e. The van der Waals surface area contributed by atoms with Gasteiger partial charge in [0.25, 0.3) is 0 Å². The van der Waals surface area contributed by atoms with E-state index >= 15 is 0 Å². The predicted molar refractivity (Wildman–Crippen MR) is 74.2 cm³/mol. The first-order valence-corrected chi connectivity index (χ1v) is 6.74. The fourth-order valence-electron chi connectivity index (χ4n) is 2.73. The highest BCUT2D eigenvalue weighted by atomic mass is 35.5. The van der Waals surface area contributed by atoms with Gasteiger partial charge < -0.3 is 5.11 Å². The SMILES string of the molecule is OC1(c2cccc(Cl)c2Cl)CCc2cc(F)ccc21. The quantitative estimate of drug-likeness (QED) is 0.831. The Labute approximate surface area is 120 Å². The van der Waals surface area contributed by atoms with Crippen molar-refractivity contribution in [2.75, 3.05) is 0 Å². The lowest BCUT2D eigenvalue weighted by Gasteiger charge is -2.26. The fourth-order valence-corrected chi connectivity index (χ4v) is 3.18. The molecule has 0 saturated heterocycles. The number of aryl methyl sites for hydroxylation is 1. The lowest BCUT2D eigenvalue weighted by atomic mass is 9.88. The average molecular weight is 297 g/mol. The average Bonchev–Trinajstić information content (AvgIpc) is 2.71. The summed E-state index contributed by atoms with van der Waals surface area (Å²) >= 11 is 12.2. The molecule has 2 aromatic rings. The first-order valence-electron chi connectivity index (χ1n) is 5.98. The maximum Gasteiger partial charge on any atom is 0.123 e. The summed E-state index contributed by atoms with van der Waals surface area (Å²) in [7, 11) is 0. The largest absolute Gasteiger partial charge is 0.380 e. The van der Waals surface area contributed by atoms with Crippen molar-refractivity contribution in [1.82, 2.24) is 0 Å². The highest BCUT2D eigenvalue weighted by molar-refractivity contribution is 6.42. The first-order chi connectivity index (χ1) is 9.02. The van der Waals surface area contributed by atoms with E-state index < -0.39 is 5.60 Å². The zero-order chi connectivity index (χ0) is 13.6. The van der Waals surface area contributed by atoms with Crippen molar-refractivity contribution >= 4 is 23.2 Å². The van der Waals surface area contributed by atoms with E-state index in [-0.39, 0.29) is 5.82 Å². The topological polar surface area (TPSA) is 20.2 Å². The maximum atomic E-state index is 13.2. The third-order valence-electron chi connectivity index (χ3n) is 3.67. The highest BCUT2D eigenvalue weighted by Crippen LogP contribution is 2.45. The predicted octanol–water partition coefficient (Wildman–Crippen LogP) is 4.31. The molecule has 1 nitrogen and oxygen atoms in total. The van der Waals surface area contributed by atoms with Crippen LogP contribution in [0.2, 0.25) is 10.0 Å². The third kappa shape index (κ3) is 1.95. The van der Waals surface area contributed by atoms with Crippen LogP contribution in [0.4, 0.5) is 4.39 Å². The summed E-state index contributed by atoms with van der Waals surface area (Å²) in [6.45, 7) is 0. The van der Waals surface area contributed by atoms with Gasteiger partial charge in [-0.3, -0.25) is 0 Å². The lowest BCUT2D eigenvalue weighted by molar-refractivity contribution is 0.0830. The molecule has 0 aliphatic heterocycles. The molecule has 0 heterocycles. The van der Waals surface area contributed by atoms with Crippen LogP contribution in [-0.2, 0) is 12.0 Å². The van der Waals surface area contributed by atoms with Crippen molar-refractivity contribution in [3.63, 3.8) is 0 Å². The molecular weight excluding hydrogens is 286 g/mol. The molecule has 0 radical (unpaired) electrons. The van der Waals surface area contributed by atoms with Crippen LogP contribution in [0.5, 0.6) is 0 Å². The zero-order valence-corrected chi connectivity index (χ0v) is 11.5. The standard InChI is InChI=1S/C15H11Cl2FO/c16-13-3-1-2-12(14(13)17)15(19)7-6-9-8-10(18)4-5-11(9)15/h1-5,8,19H,6-7H2. The molecular formula is C15H11Cl2FO. The van der Waals surface area contributed by atoms with E-state index in [1.807, 2.05) is 0 Å². The molecule has 0 fully saturated rings. The first kappa shape index (κ1) is 12.9. The van der Waals surface area contributed by atoms with Gasteiger partial charge in [-0.15, -0.1) is 0 Å². The van der Waals surface area contributed by atoms with E-state index in [4.69, 9.17) is 23.2 Å². The number of benzene rings is 2. The monoisotopic (exact) mass is 296 g/mol. The molecule has 1 N–H and O–H groups in total. The van der Waals surface area contributed by atoms with Gasteiger partial charge in [0.15, 0.2) is 0 Å². The molecule has 1 aliphatic carbocycles. The summed E-state index contributed by atoms with van der Waals surface area (Å²) in [5.41, 5.74) is 0.911. The van der Waals surface area contributed by atoms with Crippen LogP contribution in [0.25, 0.3) is 0 Å². The van der Waals surface area contributed by atoms with Crippen LogP contribution in [0.3, 0.4) is 0 Å². The van der Waals surface area contributed by atoms with Crippen molar-refractivity contribution in [1.29, 1.82) is 0 Å². The van der Waals surface area contributed by atoms with Crippen LogP contribution in [0, 0.1) is 5.82 Å². The van der Waals surface area contributed by atoms with Gasteiger partial charge in [0, 0.05) is 5.56 Å². The number of hydrogen-bond acceptors (Lipinski definition) is 1. The Bertz CT molecular complexity index is 657. The van der Waals surface area contributed by atoms with E-state index in [0.717, 1.165) is 5.56 Å². The smallest absolute Gasteiger partial charge is 0.123 e. The van der Waals surface area contributed by atoms with Crippen molar-refractivity contribution < 1.29 is 9.50 Å². The van der Waals surface area contributed by atoms with Crippen LogP contribution in [0.1, 0.15) is 23.1 Å². The highest BCUT2D eigenvalue weighted by Gasteiger charge is 2.40. The molecule has 98 valence electrons. The Kier molecular flexibility index (Phi) is 3.05. The Hall–Kier alpha value is -1.09. The lowest BCUT2D eigenvalue weighted by Crippen LogP contribution is -2.24. The summed E-state index contributed by atoms with van der Waals surface area (Å²) in [6, 6.07) is 9.63. The van der Waals surface area contributed by atoms with Crippen molar-refractivity contribution in [2.24, 2.45) is 0 Å². The van der Waals surface area contributed by atoms with Crippen LogP contribution in [-0.4, -0.2) is 5.11 Å². The number of aliphatic hydroxyl groups is 1. The summed E-state index contributed by atoms with van der Waals surface area (Å²) < 4.78 is 13.2. The number of hydrogen-bond donors (Lipinski definition) is 1. The van der Waals surface area contributed by atoms with Crippen molar-refractivity contribution in [3.8, 4) is 0 Å². The number of fused-ring (bicyclic) bond motifs is 1. The van der Waals surface area contributed by atoms with Crippen molar-refractivity contribution in [3.05, 3.63) is 69.0 Å². The molecule has 0 spiro atoms. The van der Waals surface area contributed by atoms with Gasteiger partial charge in [0.05, 0.1) is 10.0 Å². The minimum atomic E-state index is -1.19. The van der Waals surface area contributed by atoms with Crippen molar-refractivity contribution in [2.45, 2.75) is 18.4 Å². The molecule has 0 saturated carbocycles. The zero-order valence-electron chi connectivity index (χ0n) is 9.96. The van der Waals surface area contributed by atoms with Gasteiger partial charge in [0.1, 0.15) is 11.4 Å². The van der Waals surface area contributed by atoms with Crippen LogP contribution < -0.4 is 0 Å². The summed E-state index contributed by atoms with van der Waals surface area (Å²) in [5, 5.41) is 11.7. The fraction of sp³-hybridized carbons (Fsp3) is 0.200. The van der Waals surface area contributed by atoms with Gasteiger partial charge in [-0.25, -0.2) is 4.39 Å². The molecule has 1 unspecified atom stereocenters. The third-order valence-corrected chi connectivity index (χ3v) is 4.49. The second-order valence-corrected chi connectivity index (χ2v) is 5.55. The second kappa shape index (κ2) is 4.48. The summed E-state index contributed by atoms with van der Waals surface area (Å²) in [4.78, 5) is 0. The maximum absolute atomic E-state index is 13.2. The molecule has 0 aromatic heterocycles. The second-order valence-electron chi connectivity index (χ2n) is 4.76.